The van der Waals surface area contributed by atoms with Crippen LogP contribution in [0, 0.1) is 11.3 Å². The molecule has 33 heavy (non-hydrogen) atoms. The summed E-state index contributed by atoms with van der Waals surface area (Å²) < 4.78 is 5.48. The first kappa shape index (κ1) is 25.1. The molecule has 2 aliphatic rings. The maximum absolute atomic E-state index is 12.9. The monoisotopic (exact) mass is 493 g/mol. The van der Waals surface area contributed by atoms with E-state index < -0.39 is 18.0 Å². The number of carbonyl (C=O) groups excluding carboxylic acids is 3. The quantitative estimate of drug-likeness (QED) is 0.0740. The molecular formula is C21H27N5O5S2. The smallest absolute Gasteiger partial charge is 0.356 e. The number of fused-ring (bicyclic) bond motifs is 1. The van der Waals surface area contributed by atoms with Gasteiger partial charge in [-0.25, -0.2) is 10.2 Å². The summed E-state index contributed by atoms with van der Waals surface area (Å²) in [4.78, 5) is 39.3. The van der Waals surface area contributed by atoms with E-state index in [1.807, 2.05) is 30.3 Å². The summed E-state index contributed by atoms with van der Waals surface area (Å²) in [5.41, 5.74) is 11.6. The summed E-state index contributed by atoms with van der Waals surface area (Å²) in [6, 6.07) is 9.02. The number of esters is 1. The number of nitrogens with zero attached hydrogens (tertiary/aromatic N) is 1. The van der Waals surface area contributed by atoms with Crippen LogP contribution in [-0.2, 0) is 25.7 Å². The van der Waals surface area contributed by atoms with Gasteiger partial charge in [-0.15, -0.1) is 11.8 Å². The maximum atomic E-state index is 12.9. The summed E-state index contributed by atoms with van der Waals surface area (Å²) in [5.74, 6) is -1.11. The predicted molar refractivity (Wildman–Crippen MR) is 127 cm³/mol. The van der Waals surface area contributed by atoms with Crippen LogP contribution in [0.3, 0.4) is 0 Å². The van der Waals surface area contributed by atoms with Gasteiger partial charge < -0.3 is 20.5 Å². The van der Waals surface area contributed by atoms with Crippen LogP contribution in [0.1, 0.15) is 18.9 Å². The van der Waals surface area contributed by atoms with E-state index in [9.17, 15) is 19.5 Å². The molecule has 2 amide bonds. The molecule has 0 radical (unpaired) electrons. The van der Waals surface area contributed by atoms with Gasteiger partial charge in [-0.2, -0.15) is 0 Å². The van der Waals surface area contributed by atoms with Crippen LogP contribution in [0.4, 0.5) is 0 Å². The largest absolute Gasteiger partial charge is 0.456 e. The van der Waals surface area contributed by atoms with E-state index in [4.69, 9.17) is 15.9 Å². The summed E-state index contributed by atoms with van der Waals surface area (Å²) >= 11 is 2.33. The van der Waals surface area contributed by atoms with E-state index in [0.29, 0.717) is 18.7 Å². The van der Waals surface area contributed by atoms with Crippen molar-refractivity contribution < 1.29 is 24.2 Å². The Balaban J connectivity index is 1.57. The number of ether oxygens (including phenoxy) is 1. The van der Waals surface area contributed by atoms with Gasteiger partial charge in [-0.1, -0.05) is 42.1 Å². The zero-order valence-corrected chi connectivity index (χ0v) is 19.7. The molecule has 0 aromatic heterocycles. The van der Waals surface area contributed by atoms with Gasteiger partial charge >= 0.3 is 5.97 Å². The number of thioether (sulfide) groups is 2. The summed E-state index contributed by atoms with van der Waals surface area (Å²) in [6.45, 7) is 2.09. The molecule has 3 atom stereocenters. The van der Waals surface area contributed by atoms with E-state index in [2.05, 4.69) is 10.9 Å². The molecule has 6 N–H and O–H groups in total. The third-order valence-electron chi connectivity index (χ3n) is 5.18. The Labute approximate surface area is 200 Å². The molecule has 2 heterocycles. The van der Waals surface area contributed by atoms with Crippen molar-refractivity contribution in [1.82, 2.24) is 15.8 Å². The highest BCUT2D eigenvalue weighted by atomic mass is 32.2. The molecule has 0 aliphatic carbocycles. The van der Waals surface area contributed by atoms with Gasteiger partial charge in [0, 0.05) is 23.6 Å². The van der Waals surface area contributed by atoms with E-state index in [-0.39, 0.29) is 41.1 Å². The maximum Gasteiger partial charge on any atom is 0.356 e. The molecular weight excluding hydrogens is 466 g/mol. The standard InChI is InChI=1S/C21H27N5O5S2/c1-12(27)17-14-9-15(32-8-7-24-25-16(28)11-33-21(22)23)18(26(14)19(17)29)20(30)31-10-13-5-3-2-4-6-13/h2-6,12,14,17,24,27H,7-11H2,1H3,(H3,22,23)(H,25,28)/t12-,14-,17-/m1/s1. The van der Waals surface area contributed by atoms with Gasteiger partial charge in [0.2, 0.25) is 11.8 Å². The third kappa shape index (κ3) is 6.28. The summed E-state index contributed by atoms with van der Waals surface area (Å²) in [7, 11) is 0. The number of hydrazine groups is 1. The number of rotatable bonds is 11. The van der Waals surface area contributed by atoms with Crippen molar-refractivity contribution in [2.45, 2.75) is 32.1 Å². The Morgan fingerprint density at radius 3 is 2.76 bits per heavy atom. The molecule has 1 aromatic rings. The van der Waals surface area contributed by atoms with Crippen LogP contribution >= 0.6 is 23.5 Å². The molecule has 0 bridgehead atoms. The van der Waals surface area contributed by atoms with E-state index >= 15 is 0 Å². The molecule has 0 saturated carbocycles. The molecule has 1 saturated heterocycles. The fraction of sp³-hybridized carbons (Fsp3) is 0.429. The lowest BCUT2D eigenvalue weighted by molar-refractivity contribution is -0.162. The van der Waals surface area contributed by atoms with Gasteiger partial charge in [0.1, 0.15) is 12.3 Å². The molecule has 178 valence electrons. The van der Waals surface area contributed by atoms with Gasteiger partial charge in [0.15, 0.2) is 5.17 Å². The molecule has 12 heteroatoms. The highest BCUT2D eigenvalue weighted by molar-refractivity contribution is 8.14. The van der Waals surface area contributed by atoms with Crippen molar-refractivity contribution in [3.63, 3.8) is 0 Å². The number of nitrogens with two attached hydrogens (primary N) is 1. The molecule has 3 rings (SSSR count). The average Bonchev–Trinajstić information content (AvgIpc) is 3.10. The number of aliphatic hydroxyl groups is 1. The Morgan fingerprint density at radius 1 is 1.36 bits per heavy atom. The van der Waals surface area contributed by atoms with Crippen LogP contribution in [0.25, 0.3) is 0 Å². The highest BCUT2D eigenvalue weighted by Crippen LogP contribution is 2.47. The topological polar surface area (TPSA) is 158 Å². The van der Waals surface area contributed by atoms with E-state index in [1.165, 1.54) is 16.7 Å². The number of β-lactam (4-membered cyclic amide) rings is 1. The second-order valence-corrected chi connectivity index (χ2v) is 9.76. The zero-order valence-electron chi connectivity index (χ0n) is 18.1. The van der Waals surface area contributed by atoms with Crippen LogP contribution in [0.2, 0.25) is 0 Å². The first-order valence-electron chi connectivity index (χ1n) is 10.4. The van der Waals surface area contributed by atoms with Crippen molar-refractivity contribution in [3.8, 4) is 0 Å². The zero-order chi connectivity index (χ0) is 24.0. The minimum absolute atomic E-state index is 0.0392. The van der Waals surface area contributed by atoms with Crippen LogP contribution in [0.15, 0.2) is 40.9 Å². The average molecular weight is 494 g/mol. The summed E-state index contributed by atoms with van der Waals surface area (Å²) in [6.07, 6.45) is -0.321. The van der Waals surface area contributed by atoms with Crippen LogP contribution < -0.4 is 16.6 Å². The lowest BCUT2D eigenvalue weighted by Crippen LogP contribution is -2.61. The van der Waals surface area contributed by atoms with Crippen molar-refractivity contribution in [2.24, 2.45) is 11.7 Å². The van der Waals surface area contributed by atoms with Gasteiger partial charge in [0.25, 0.3) is 0 Å². The molecule has 10 nitrogen and oxygen atoms in total. The lowest BCUT2D eigenvalue weighted by Gasteiger charge is -2.44. The normalized spacial score (nSPS) is 20.2. The van der Waals surface area contributed by atoms with E-state index in [0.717, 1.165) is 22.2 Å². The number of nitrogens with one attached hydrogen (secondary N) is 3. The second-order valence-electron chi connectivity index (χ2n) is 7.56. The number of hydrogen-bond acceptors (Lipinski definition) is 9. The minimum Gasteiger partial charge on any atom is -0.456 e. The third-order valence-corrected chi connectivity index (χ3v) is 7.02. The SMILES string of the molecule is C[C@@H](O)[C@H]1C(=O)N2C(C(=O)OCc3ccccc3)=C(SCCNNC(=O)CSC(=N)N)C[C@H]12. The van der Waals surface area contributed by atoms with Gasteiger partial charge in [-0.05, 0) is 12.5 Å². The molecule has 2 aliphatic heterocycles. The van der Waals surface area contributed by atoms with Crippen molar-refractivity contribution >= 4 is 46.5 Å². The number of carbonyl (C=O) groups is 3. The van der Waals surface area contributed by atoms with Gasteiger partial charge in [-0.3, -0.25) is 20.4 Å². The number of amides is 2. The van der Waals surface area contributed by atoms with E-state index in [1.54, 1.807) is 6.92 Å². The number of benzene rings is 1. The number of hydrogen-bond donors (Lipinski definition) is 5. The number of amidine groups is 1. The second kappa shape index (κ2) is 11.5. The fourth-order valence-electron chi connectivity index (χ4n) is 3.71. The van der Waals surface area contributed by atoms with Crippen LogP contribution in [-0.4, -0.2) is 63.2 Å². The lowest BCUT2D eigenvalue weighted by atomic mass is 9.83. The summed E-state index contributed by atoms with van der Waals surface area (Å²) in [5, 5.41) is 16.9. The Hall–Kier alpha value is -2.54. The molecule has 0 unspecified atom stereocenters. The van der Waals surface area contributed by atoms with Crippen molar-refractivity contribution in [2.75, 3.05) is 18.1 Å². The van der Waals surface area contributed by atoms with Crippen molar-refractivity contribution in [3.05, 3.63) is 46.5 Å². The Kier molecular flexibility index (Phi) is 8.78. The van der Waals surface area contributed by atoms with Gasteiger partial charge in [0.05, 0.1) is 23.8 Å². The first-order valence-corrected chi connectivity index (χ1v) is 12.3. The minimum atomic E-state index is -0.797. The first-order chi connectivity index (χ1) is 15.8. The molecule has 0 spiro atoms. The van der Waals surface area contributed by atoms with Crippen molar-refractivity contribution in [1.29, 1.82) is 5.41 Å². The molecule has 1 fully saturated rings. The predicted octanol–water partition coefficient (Wildman–Crippen LogP) is 0.534. The Bertz CT molecular complexity index is 940. The fourth-order valence-corrected chi connectivity index (χ4v) is 5.12. The van der Waals surface area contributed by atoms with Crippen LogP contribution in [0.5, 0.6) is 0 Å². The number of aliphatic hydroxyl groups excluding tert-OH is 1. The molecule has 1 aromatic carbocycles. The Morgan fingerprint density at radius 2 is 2.09 bits per heavy atom. The highest BCUT2D eigenvalue weighted by Gasteiger charge is 2.56.